The Labute approximate surface area is 113 Å². The fourth-order valence-electron chi connectivity index (χ4n) is 2.04. The second-order valence-corrected chi connectivity index (χ2v) is 7.22. The first-order valence-corrected chi connectivity index (χ1v) is 8.19. The molecule has 1 aliphatic heterocycles. The summed E-state index contributed by atoms with van der Waals surface area (Å²) in [7, 11) is 0. The average Bonchev–Trinajstić information content (AvgIpc) is 3.00. The van der Waals surface area contributed by atoms with E-state index >= 15 is 0 Å². The average molecular weight is 368 g/mol. The van der Waals surface area contributed by atoms with Gasteiger partial charge in [-0.1, -0.05) is 0 Å². The summed E-state index contributed by atoms with van der Waals surface area (Å²) < 4.78 is 45.9. The van der Waals surface area contributed by atoms with Crippen molar-refractivity contribution in [2.75, 3.05) is 6.61 Å². The maximum absolute atomic E-state index is 12.4. The van der Waals surface area contributed by atoms with Gasteiger partial charge in [0.1, 0.15) is 0 Å². The SMILES string of the molecule is FC(F)(F)c1ccc([Te]/C=C2\COC3CC23)cc1. The van der Waals surface area contributed by atoms with Crippen LogP contribution in [0.1, 0.15) is 12.0 Å². The number of fused-ring (bicyclic) bond motifs is 1. The van der Waals surface area contributed by atoms with Crippen LogP contribution in [0.4, 0.5) is 13.2 Å². The summed E-state index contributed by atoms with van der Waals surface area (Å²) in [5.74, 6) is 0.615. The van der Waals surface area contributed by atoms with Crippen molar-refractivity contribution in [1.82, 2.24) is 0 Å². The molecule has 1 nitrogen and oxygen atoms in total. The minimum absolute atomic E-state index is 0.441. The summed E-state index contributed by atoms with van der Waals surface area (Å²) in [6, 6.07) is 5.54. The summed E-state index contributed by atoms with van der Waals surface area (Å²) in [4.78, 5) is 0. The van der Waals surface area contributed by atoms with E-state index < -0.39 is 32.7 Å². The zero-order valence-corrected chi connectivity index (χ0v) is 11.7. The molecule has 1 saturated heterocycles. The number of halogens is 3. The molecule has 0 amide bonds. The van der Waals surface area contributed by atoms with Crippen LogP contribution in [0.15, 0.2) is 34.0 Å². The second kappa shape index (κ2) is 4.55. The van der Waals surface area contributed by atoms with E-state index in [1.165, 1.54) is 17.7 Å². The molecular weight excluding hydrogens is 357 g/mol. The summed E-state index contributed by atoms with van der Waals surface area (Å²) in [5.41, 5.74) is 0.792. The fraction of sp³-hybridized carbons (Fsp3) is 0.385. The monoisotopic (exact) mass is 370 g/mol. The molecule has 0 radical (unpaired) electrons. The maximum atomic E-state index is 12.4. The van der Waals surface area contributed by atoms with Gasteiger partial charge in [0, 0.05) is 0 Å². The standard InChI is InChI=1S/C13H11F3OTe/c14-13(15,16)9-1-3-10(4-2-9)18-7-8-6-17-12-5-11(8)12/h1-4,7,11-12H,5-6H2/b8-7+. The van der Waals surface area contributed by atoms with Gasteiger partial charge in [-0.05, 0) is 0 Å². The van der Waals surface area contributed by atoms with Crippen molar-refractivity contribution in [3.05, 3.63) is 39.5 Å². The first kappa shape index (κ1) is 12.5. The van der Waals surface area contributed by atoms with E-state index in [0.717, 1.165) is 16.6 Å². The van der Waals surface area contributed by atoms with E-state index in [4.69, 9.17) is 4.74 Å². The Balaban J connectivity index is 1.67. The molecule has 2 atom stereocenters. The molecule has 18 heavy (non-hydrogen) atoms. The Kier molecular flexibility index (Phi) is 3.17. The number of hydrogen-bond donors (Lipinski definition) is 0. The van der Waals surface area contributed by atoms with Crippen LogP contribution in [0.3, 0.4) is 0 Å². The Hall–Kier alpha value is -0.500. The van der Waals surface area contributed by atoms with Crippen molar-refractivity contribution in [3.63, 3.8) is 0 Å². The van der Waals surface area contributed by atoms with Crippen LogP contribution in [-0.2, 0) is 10.9 Å². The topological polar surface area (TPSA) is 9.23 Å². The summed E-state index contributed by atoms with van der Waals surface area (Å²) >= 11 is -0.532. The van der Waals surface area contributed by atoms with Gasteiger partial charge in [0.15, 0.2) is 0 Å². The molecule has 0 spiro atoms. The Bertz CT molecular complexity index is 478. The van der Waals surface area contributed by atoms with Gasteiger partial charge >= 0.3 is 113 Å². The van der Waals surface area contributed by atoms with Gasteiger partial charge in [-0.3, -0.25) is 0 Å². The quantitative estimate of drug-likeness (QED) is 0.729. The predicted octanol–water partition coefficient (Wildman–Crippen LogP) is 2.34. The summed E-state index contributed by atoms with van der Waals surface area (Å²) in [5, 5.41) is 0. The second-order valence-electron chi connectivity index (χ2n) is 4.52. The molecule has 2 unspecified atom stereocenters. The van der Waals surface area contributed by atoms with Crippen molar-refractivity contribution < 1.29 is 17.9 Å². The molecule has 1 aromatic carbocycles. The van der Waals surface area contributed by atoms with E-state index in [1.807, 2.05) is 0 Å². The predicted molar refractivity (Wildman–Crippen MR) is 62.8 cm³/mol. The van der Waals surface area contributed by atoms with E-state index in [2.05, 4.69) is 4.12 Å². The van der Waals surface area contributed by atoms with Crippen LogP contribution in [0, 0.1) is 5.92 Å². The van der Waals surface area contributed by atoms with Gasteiger partial charge in [0.25, 0.3) is 0 Å². The minimum atomic E-state index is -4.24. The zero-order chi connectivity index (χ0) is 12.8. The zero-order valence-electron chi connectivity index (χ0n) is 9.41. The van der Waals surface area contributed by atoms with Crippen molar-refractivity contribution in [1.29, 1.82) is 0 Å². The third-order valence-electron chi connectivity index (χ3n) is 3.20. The Morgan fingerprint density at radius 1 is 1.22 bits per heavy atom. The Morgan fingerprint density at radius 3 is 2.44 bits per heavy atom. The fourth-order valence-corrected chi connectivity index (χ4v) is 4.39. The van der Waals surface area contributed by atoms with E-state index in [-0.39, 0.29) is 0 Å². The number of hydrogen-bond acceptors (Lipinski definition) is 1. The molecule has 2 fully saturated rings. The van der Waals surface area contributed by atoms with Gasteiger partial charge in [-0.15, -0.1) is 0 Å². The van der Waals surface area contributed by atoms with Crippen LogP contribution in [0.25, 0.3) is 0 Å². The molecule has 0 bridgehead atoms. The van der Waals surface area contributed by atoms with E-state index in [0.29, 0.717) is 12.0 Å². The summed E-state index contributed by atoms with van der Waals surface area (Å²) in [6.07, 6.45) is -2.67. The van der Waals surface area contributed by atoms with E-state index in [1.54, 1.807) is 12.1 Å². The number of ether oxygens (including phenoxy) is 1. The molecule has 96 valence electrons. The molecule has 1 aliphatic carbocycles. The van der Waals surface area contributed by atoms with Crippen molar-refractivity contribution in [3.8, 4) is 0 Å². The van der Waals surface area contributed by atoms with Crippen LogP contribution in [0.2, 0.25) is 0 Å². The van der Waals surface area contributed by atoms with Crippen molar-refractivity contribution >= 4 is 24.5 Å². The molecular formula is C13H11F3OTe. The van der Waals surface area contributed by atoms with Gasteiger partial charge in [0.2, 0.25) is 0 Å². The van der Waals surface area contributed by atoms with Gasteiger partial charge in [0.05, 0.1) is 0 Å². The van der Waals surface area contributed by atoms with Crippen LogP contribution in [-0.4, -0.2) is 33.6 Å². The van der Waals surface area contributed by atoms with Crippen molar-refractivity contribution in [2.45, 2.75) is 18.7 Å². The van der Waals surface area contributed by atoms with Gasteiger partial charge in [-0.25, -0.2) is 0 Å². The Morgan fingerprint density at radius 2 is 1.94 bits per heavy atom. The van der Waals surface area contributed by atoms with Crippen LogP contribution >= 0.6 is 0 Å². The van der Waals surface area contributed by atoms with Crippen molar-refractivity contribution in [2.24, 2.45) is 5.92 Å². The summed E-state index contributed by atoms with van der Waals surface area (Å²) in [6.45, 7) is 0.723. The number of benzene rings is 1. The van der Waals surface area contributed by atoms with Crippen LogP contribution in [0.5, 0.6) is 0 Å². The van der Waals surface area contributed by atoms with Gasteiger partial charge < -0.3 is 0 Å². The number of alkyl halides is 3. The molecule has 2 aliphatic rings. The molecule has 1 aromatic rings. The third kappa shape index (κ3) is 2.59. The van der Waals surface area contributed by atoms with Crippen LogP contribution < -0.4 is 3.61 Å². The molecule has 1 saturated carbocycles. The molecule has 3 rings (SSSR count). The first-order chi connectivity index (χ1) is 8.54. The van der Waals surface area contributed by atoms with E-state index in [9.17, 15) is 13.2 Å². The first-order valence-electron chi connectivity index (χ1n) is 5.68. The van der Waals surface area contributed by atoms with Gasteiger partial charge in [-0.2, -0.15) is 0 Å². The normalized spacial score (nSPS) is 28.5. The molecule has 0 N–H and O–H groups in total. The molecule has 0 aromatic heterocycles. The molecule has 5 heteroatoms. The molecule has 1 heterocycles. The number of rotatable bonds is 2. The third-order valence-corrected chi connectivity index (χ3v) is 5.95.